The van der Waals surface area contributed by atoms with Crippen LogP contribution in [0.1, 0.15) is 26.2 Å². The lowest BCUT2D eigenvalue weighted by Gasteiger charge is -2.33. The second kappa shape index (κ2) is 6.87. The topological polar surface area (TPSA) is 35.5 Å². The number of aliphatic hydroxyl groups is 1. The number of nitrogens with one attached hydrogen (secondary N) is 1. The number of para-hydroxylation sites is 1. The van der Waals surface area contributed by atoms with Crippen LogP contribution in [0.4, 0.5) is 10.1 Å². The van der Waals surface area contributed by atoms with Crippen molar-refractivity contribution in [1.82, 2.24) is 4.90 Å². The fourth-order valence-electron chi connectivity index (χ4n) is 2.49. The summed E-state index contributed by atoms with van der Waals surface area (Å²) in [5.41, 5.74) is 0.592. The van der Waals surface area contributed by atoms with Crippen LogP contribution in [0.5, 0.6) is 0 Å². The van der Waals surface area contributed by atoms with E-state index in [1.165, 1.54) is 6.07 Å². The molecule has 2 rings (SSSR count). The number of benzene rings is 1. The lowest BCUT2D eigenvalue weighted by molar-refractivity contribution is 0.0962. The zero-order chi connectivity index (χ0) is 13.7. The van der Waals surface area contributed by atoms with E-state index >= 15 is 0 Å². The van der Waals surface area contributed by atoms with Crippen molar-refractivity contribution in [3.63, 3.8) is 0 Å². The van der Waals surface area contributed by atoms with Crippen molar-refractivity contribution in [2.24, 2.45) is 0 Å². The maximum atomic E-state index is 13.5. The van der Waals surface area contributed by atoms with Gasteiger partial charge in [-0.25, -0.2) is 4.39 Å². The third-order valence-electron chi connectivity index (χ3n) is 3.76. The number of likely N-dealkylation sites (tertiary alicyclic amines) is 1. The first kappa shape index (κ1) is 14.3. The Balaban J connectivity index is 1.79. The van der Waals surface area contributed by atoms with Crippen LogP contribution in [-0.4, -0.2) is 41.8 Å². The van der Waals surface area contributed by atoms with E-state index in [1.807, 2.05) is 13.0 Å². The molecule has 0 radical (unpaired) electrons. The highest BCUT2D eigenvalue weighted by atomic mass is 19.1. The first-order valence-corrected chi connectivity index (χ1v) is 7.10. The molecule has 0 bridgehead atoms. The highest BCUT2D eigenvalue weighted by Gasteiger charge is 2.20. The molecule has 1 atom stereocenters. The van der Waals surface area contributed by atoms with Gasteiger partial charge in [0.15, 0.2) is 0 Å². The highest BCUT2D eigenvalue weighted by Crippen LogP contribution is 2.19. The summed E-state index contributed by atoms with van der Waals surface area (Å²) >= 11 is 0. The molecule has 3 nitrogen and oxygen atoms in total. The second-order valence-electron chi connectivity index (χ2n) is 5.26. The van der Waals surface area contributed by atoms with Crippen LogP contribution in [0.15, 0.2) is 24.3 Å². The lowest BCUT2D eigenvalue weighted by atomic mass is 10.0. The average Bonchev–Trinajstić information content (AvgIpc) is 2.43. The number of aliphatic hydroxyl groups excluding tert-OH is 1. The molecule has 0 amide bonds. The number of β-amino-alcohol motifs (C(OH)–C–C–N with tert-alkyl or cyclic N) is 1. The molecule has 1 heterocycles. The Bertz CT molecular complexity index is 391. The molecule has 106 valence electrons. The standard InChI is InChI=1S/C15H23FN2O/c1-2-13(19)11-18-9-7-12(8-10-18)17-15-6-4-3-5-14(15)16/h3-6,12-13,17,19H,2,7-11H2,1H3. The summed E-state index contributed by atoms with van der Waals surface area (Å²) < 4.78 is 13.5. The molecule has 1 aromatic rings. The molecule has 2 N–H and O–H groups in total. The van der Waals surface area contributed by atoms with Crippen molar-refractivity contribution in [3.8, 4) is 0 Å². The molecular formula is C15H23FN2O. The van der Waals surface area contributed by atoms with Gasteiger partial charge in [-0.1, -0.05) is 19.1 Å². The molecule has 1 unspecified atom stereocenters. The summed E-state index contributed by atoms with van der Waals surface area (Å²) in [7, 11) is 0. The lowest BCUT2D eigenvalue weighted by Crippen LogP contribution is -2.42. The first-order valence-electron chi connectivity index (χ1n) is 7.10. The van der Waals surface area contributed by atoms with Gasteiger partial charge in [0.2, 0.25) is 0 Å². The molecule has 1 saturated heterocycles. The Morgan fingerprint density at radius 1 is 1.37 bits per heavy atom. The van der Waals surface area contributed by atoms with Crippen LogP contribution >= 0.6 is 0 Å². The third-order valence-corrected chi connectivity index (χ3v) is 3.76. The number of halogens is 1. The number of nitrogens with zero attached hydrogens (tertiary/aromatic N) is 1. The minimum atomic E-state index is -0.226. The van der Waals surface area contributed by atoms with Gasteiger partial charge in [0.25, 0.3) is 0 Å². The van der Waals surface area contributed by atoms with Crippen molar-refractivity contribution in [2.45, 2.75) is 38.3 Å². The van der Waals surface area contributed by atoms with Gasteiger partial charge in [0.1, 0.15) is 5.82 Å². The maximum Gasteiger partial charge on any atom is 0.146 e. The highest BCUT2D eigenvalue weighted by molar-refractivity contribution is 5.45. The number of hydrogen-bond acceptors (Lipinski definition) is 3. The zero-order valence-electron chi connectivity index (χ0n) is 11.5. The van der Waals surface area contributed by atoms with E-state index in [0.29, 0.717) is 11.7 Å². The molecule has 0 spiro atoms. The predicted octanol–water partition coefficient (Wildman–Crippen LogP) is 2.47. The molecule has 1 fully saturated rings. The summed E-state index contributed by atoms with van der Waals surface area (Å²) in [5.74, 6) is -0.189. The SMILES string of the molecule is CCC(O)CN1CCC(Nc2ccccc2F)CC1. The van der Waals surface area contributed by atoms with Crippen molar-refractivity contribution in [3.05, 3.63) is 30.1 Å². The zero-order valence-corrected chi connectivity index (χ0v) is 11.5. The predicted molar refractivity (Wildman–Crippen MR) is 75.8 cm³/mol. The van der Waals surface area contributed by atoms with E-state index in [9.17, 15) is 9.50 Å². The minimum Gasteiger partial charge on any atom is -0.392 e. The van der Waals surface area contributed by atoms with E-state index < -0.39 is 0 Å². The molecular weight excluding hydrogens is 243 g/mol. The van der Waals surface area contributed by atoms with Crippen LogP contribution in [0.2, 0.25) is 0 Å². The normalized spacial score (nSPS) is 19.3. The largest absolute Gasteiger partial charge is 0.392 e. The van der Waals surface area contributed by atoms with Gasteiger partial charge in [-0.3, -0.25) is 0 Å². The van der Waals surface area contributed by atoms with Crippen LogP contribution in [0.25, 0.3) is 0 Å². The Morgan fingerprint density at radius 3 is 2.68 bits per heavy atom. The van der Waals surface area contributed by atoms with Gasteiger partial charge in [0.05, 0.1) is 11.8 Å². The Morgan fingerprint density at radius 2 is 2.05 bits per heavy atom. The smallest absolute Gasteiger partial charge is 0.146 e. The molecule has 19 heavy (non-hydrogen) atoms. The molecule has 1 aliphatic rings. The minimum absolute atomic E-state index is 0.189. The van der Waals surface area contributed by atoms with Gasteiger partial charge in [-0.15, -0.1) is 0 Å². The fraction of sp³-hybridized carbons (Fsp3) is 0.600. The average molecular weight is 266 g/mol. The molecule has 0 aliphatic carbocycles. The van der Waals surface area contributed by atoms with Crippen molar-refractivity contribution in [1.29, 1.82) is 0 Å². The van der Waals surface area contributed by atoms with Gasteiger partial charge < -0.3 is 15.3 Å². The van der Waals surface area contributed by atoms with E-state index in [4.69, 9.17) is 0 Å². The van der Waals surface area contributed by atoms with E-state index in [-0.39, 0.29) is 11.9 Å². The molecule has 1 aliphatic heterocycles. The van der Waals surface area contributed by atoms with Crippen LogP contribution < -0.4 is 5.32 Å². The summed E-state index contributed by atoms with van der Waals surface area (Å²) in [6.07, 6.45) is 2.55. The summed E-state index contributed by atoms with van der Waals surface area (Å²) in [4.78, 5) is 2.29. The number of rotatable bonds is 5. The van der Waals surface area contributed by atoms with Crippen LogP contribution in [0, 0.1) is 5.82 Å². The Hall–Kier alpha value is -1.13. The van der Waals surface area contributed by atoms with E-state index in [2.05, 4.69) is 10.2 Å². The van der Waals surface area contributed by atoms with Crippen molar-refractivity contribution < 1.29 is 9.50 Å². The number of anilines is 1. The van der Waals surface area contributed by atoms with E-state index in [1.54, 1.807) is 12.1 Å². The van der Waals surface area contributed by atoms with Crippen LogP contribution in [-0.2, 0) is 0 Å². The van der Waals surface area contributed by atoms with E-state index in [0.717, 1.165) is 38.9 Å². The summed E-state index contributed by atoms with van der Waals surface area (Å²) in [5, 5.41) is 12.9. The summed E-state index contributed by atoms with van der Waals surface area (Å²) in [6.45, 7) is 4.67. The molecule has 0 aromatic heterocycles. The van der Waals surface area contributed by atoms with Gasteiger partial charge in [-0.2, -0.15) is 0 Å². The number of hydrogen-bond donors (Lipinski definition) is 2. The Kier molecular flexibility index (Phi) is 5.16. The van der Waals surface area contributed by atoms with Gasteiger partial charge in [0, 0.05) is 25.7 Å². The van der Waals surface area contributed by atoms with Crippen molar-refractivity contribution >= 4 is 5.69 Å². The molecule has 4 heteroatoms. The van der Waals surface area contributed by atoms with Crippen LogP contribution in [0.3, 0.4) is 0 Å². The second-order valence-corrected chi connectivity index (χ2v) is 5.26. The quantitative estimate of drug-likeness (QED) is 0.859. The monoisotopic (exact) mass is 266 g/mol. The number of piperidine rings is 1. The fourth-order valence-corrected chi connectivity index (χ4v) is 2.49. The first-order chi connectivity index (χ1) is 9.19. The van der Waals surface area contributed by atoms with Crippen molar-refractivity contribution in [2.75, 3.05) is 25.0 Å². The molecule has 0 saturated carbocycles. The van der Waals surface area contributed by atoms with Gasteiger partial charge in [-0.05, 0) is 31.4 Å². The third kappa shape index (κ3) is 4.18. The maximum absolute atomic E-state index is 13.5. The Labute approximate surface area is 114 Å². The summed E-state index contributed by atoms with van der Waals surface area (Å²) in [6, 6.07) is 7.14. The molecule has 1 aromatic carbocycles. The van der Waals surface area contributed by atoms with Gasteiger partial charge >= 0.3 is 0 Å².